The molecule has 45 heavy (non-hydrogen) atoms. The first-order valence-electron chi connectivity index (χ1n) is 13.3. The molecule has 4 aromatic rings. The number of benzene rings is 2. The fourth-order valence-corrected chi connectivity index (χ4v) is 6.55. The zero-order chi connectivity index (χ0) is 32.6. The molecule has 1 fully saturated rings. The molecule has 17 heteroatoms. The normalized spacial score (nSPS) is 15.9. The van der Waals surface area contributed by atoms with Gasteiger partial charge in [-0.05, 0) is 62.4 Å². The van der Waals surface area contributed by atoms with Crippen LogP contribution < -0.4 is 14.2 Å². The van der Waals surface area contributed by atoms with Crippen molar-refractivity contribution >= 4 is 36.8 Å². The number of hydrogen-bond donors (Lipinski definition) is 2. The lowest BCUT2D eigenvalue weighted by atomic mass is 9.94. The van der Waals surface area contributed by atoms with Gasteiger partial charge in [-0.3, -0.25) is 4.79 Å². The molecule has 0 aliphatic carbocycles. The number of H-pyrrole nitrogens is 1. The predicted molar refractivity (Wildman–Crippen MR) is 153 cm³/mol. The number of aromatic nitrogens is 2. The number of nitrogens with one attached hydrogen (secondary N) is 2. The fourth-order valence-electron chi connectivity index (χ4n) is 4.56. The van der Waals surface area contributed by atoms with E-state index in [2.05, 4.69) is 9.97 Å². The number of piperidine rings is 1. The summed E-state index contributed by atoms with van der Waals surface area (Å²) in [6.07, 6.45) is 3.01. The molecule has 0 atom stereocenters. The molecule has 3 heterocycles. The van der Waals surface area contributed by atoms with E-state index >= 15 is 4.39 Å². The molecule has 1 aliphatic rings. The van der Waals surface area contributed by atoms with Crippen LogP contribution in [0.3, 0.4) is 0 Å². The Morgan fingerprint density at radius 1 is 1.04 bits per heavy atom. The highest BCUT2D eigenvalue weighted by Crippen LogP contribution is 2.38. The van der Waals surface area contributed by atoms with Gasteiger partial charge in [0, 0.05) is 24.7 Å². The Morgan fingerprint density at radius 2 is 1.76 bits per heavy atom. The molecule has 0 spiro atoms. The van der Waals surface area contributed by atoms with Crippen molar-refractivity contribution in [2.45, 2.75) is 33.8 Å². The number of sulfone groups is 1. The summed E-state index contributed by atoms with van der Waals surface area (Å²) in [5, 5.41) is 0.696. The maximum Gasteiger partial charge on any atom is 0.502 e. The summed E-state index contributed by atoms with van der Waals surface area (Å²) < 4.78 is 120. The first kappa shape index (κ1) is 32.2. The molecule has 1 amide bonds. The number of ether oxygens (including phenoxy) is 2. The van der Waals surface area contributed by atoms with E-state index in [9.17, 15) is 34.8 Å². The number of fused-ring (bicyclic) bond motifs is 1. The molecule has 2 N–H and O–H groups in total. The Labute approximate surface area is 255 Å². The zero-order valence-electron chi connectivity index (χ0n) is 23.5. The third kappa shape index (κ3) is 6.89. The number of para-hydroxylation sites is 1. The number of carbonyl (C=O) groups excluding carboxylic acids is 1. The summed E-state index contributed by atoms with van der Waals surface area (Å²) >= 11 is 0. The smallest absolute Gasteiger partial charge is 0.489 e. The Bertz CT molecular complexity index is 1960. The molecule has 2 aromatic heterocycles. The molecule has 11 nitrogen and oxygen atoms in total. The maximum atomic E-state index is 15.2. The number of alkyl halides is 4. The van der Waals surface area contributed by atoms with E-state index < -0.39 is 59.1 Å². The highest BCUT2D eigenvalue weighted by Gasteiger charge is 2.49. The van der Waals surface area contributed by atoms with Gasteiger partial charge in [0.05, 0.1) is 16.7 Å². The number of halogens is 4. The SMILES string of the molecule is CN1CCC(F)(COc2ccc(S(=O)(=O)NC(=O)c3ccccc3Oc3cnc4[nH]ccc4c3)cc2S(=O)(=O)C(F)(F)F)CC1. The Balaban J connectivity index is 1.41. The van der Waals surface area contributed by atoms with Gasteiger partial charge in [-0.2, -0.15) is 13.2 Å². The molecular formula is C28H26F4N4O7S2. The van der Waals surface area contributed by atoms with Gasteiger partial charge in [-0.15, -0.1) is 0 Å². The highest BCUT2D eigenvalue weighted by atomic mass is 32.2. The van der Waals surface area contributed by atoms with Crippen molar-refractivity contribution in [3.63, 3.8) is 0 Å². The Kier molecular flexibility index (Phi) is 8.54. The minimum Gasteiger partial charge on any atom is -0.489 e. The fraction of sp³-hybridized carbons (Fsp3) is 0.286. The van der Waals surface area contributed by atoms with E-state index in [1.807, 2.05) is 4.90 Å². The van der Waals surface area contributed by atoms with Gasteiger partial charge in [0.2, 0.25) is 0 Å². The van der Waals surface area contributed by atoms with Gasteiger partial charge in [-0.1, -0.05) is 12.1 Å². The van der Waals surface area contributed by atoms with Crippen LogP contribution in [0.2, 0.25) is 0 Å². The second kappa shape index (κ2) is 11.9. The monoisotopic (exact) mass is 670 g/mol. The van der Waals surface area contributed by atoms with E-state index in [4.69, 9.17) is 9.47 Å². The number of nitrogens with zero attached hydrogens (tertiary/aromatic N) is 2. The van der Waals surface area contributed by atoms with Gasteiger partial charge in [0.1, 0.15) is 40.1 Å². The number of sulfonamides is 1. The third-order valence-corrected chi connectivity index (χ3v) is 9.99. The first-order chi connectivity index (χ1) is 21.1. The van der Waals surface area contributed by atoms with Crippen molar-refractivity contribution in [2.24, 2.45) is 0 Å². The van der Waals surface area contributed by atoms with Gasteiger partial charge in [-0.25, -0.2) is 30.9 Å². The summed E-state index contributed by atoms with van der Waals surface area (Å²) in [4.78, 5) is 19.5. The van der Waals surface area contributed by atoms with E-state index in [-0.39, 0.29) is 36.0 Å². The van der Waals surface area contributed by atoms with Crippen molar-refractivity contribution in [1.82, 2.24) is 19.6 Å². The first-order valence-corrected chi connectivity index (χ1v) is 16.3. The molecule has 5 rings (SSSR count). The van der Waals surface area contributed by atoms with E-state index in [0.717, 1.165) is 6.07 Å². The number of amides is 1. The summed E-state index contributed by atoms with van der Waals surface area (Å²) in [5.41, 5.74) is -7.46. The van der Waals surface area contributed by atoms with Crippen molar-refractivity contribution in [2.75, 3.05) is 26.7 Å². The average Bonchev–Trinajstić information content (AvgIpc) is 3.45. The molecule has 0 saturated carbocycles. The van der Waals surface area contributed by atoms with Crippen molar-refractivity contribution in [1.29, 1.82) is 0 Å². The third-order valence-electron chi connectivity index (χ3n) is 7.15. The minimum absolute atomic E-state index is 0.00816. The van der Waals surface area contributed by atoms with Gasteiger partial charge < -0.3 is 19.4 Å². The van der Waals surface area contributed by atoms with Crippen LogP contribution in [0.4, 0.5) is 17.6 Å². The molecule has 0 bridgehead atoms. The number of hydrogen-bond acceptors (Lipinski definition) is 9. The predicted octanol–water partition coefficient (Wildman–Crippen LogP) is 4.58. The second-order valence-electron chi connectivity index (χ2n) is 10.4. The standard InChI is InChI=1S/C28H26F4N4O7S2/c1-36-12-9-27(29,10-13-36)17-42-23-7-6-20(15-24(23)44(38,39)28(30,31)32)45(40,41)35-26(37)21-4-2-3-5-22(21)43-19-14-18-8-11-33-25(18)34-16-19/h2-8,11,14-16H,9-10,12-13,17H2,1H3,(H,33,34)(H,35,37). The van der Waals surface area contributed by atoms with Gasteiger partial charge >= 0.3 is 5.51 Å². The number of carbonyl (C=O) groups is 1. The summed E-state index contributed by atoms with van der Waals surface area (Å²) in [7, 11) is -9.36. The topological polar surface area (TPSA) is 148 Å². The van der Waals surface area contributed by atoms with Crippen molar-refractivity contribution in [3.8, 4) is 17.2 Å². The van der Waals surface area contributed by atoms with Crippen LogP contribution in [-0.4, -0.2) is 75.5 Å². The zero-order valence-corrected chi connectivity index (χ0v) is 25.1. The Hall–Kier alpha value is -4.22. The summed E-state index contributed by atoms with van der Waals surface area (Å²) in [5.74, 6) is -1.96. The van der Waals surface area contributed by atoms with E-state index in [0.29, 0.717) is 30.2 Å². The summed E-state index contributed by atoms with van der Waals surface area (Å²) in [6, 6.07) is 10.6. The second-order valence-corrected chi connectivity index (χ2v) is 14.0. The van der Waals surface area contributed by atoms with Gasteiger partial charge in [0.25, 0.3) is 25.8 Å². The lowest BCUT2D eigenvalue weighted by Gasteiger charge is -2.34. The number of aromatic amines is 1. The summed E-state index contributed by atoms with van der Waals surface area (Å²) in [6.45, 7) is -0.0668. The van der Waals surface area contributed by atoms with Crippen LogP contribution >= 0.6 is 0 Å². The minimum atomic E-state index is -6.17. The van der Waals surface area contributed by atoms with Crippen molar-refractivity contribution in [3.05, 3.63) is 72.6 Å². The quantitative estimate of drug-likeness (QED) is 0.244. The lowest BCUT2D eigenvalue weighted by molar-refractivity contribution is -0.0438. The Morgan fingerprint density at radius 3 is 2.47 bits per heavy atom. The average molecular weight is 671 g/mol. The maximum absolute atomic E-state index is 15.2. The molecule has 0 radical (unpaired) electrons. The lowest BCUT2D eigenvalue weighted by Crippen LogP contribution is -2.43. The molecule has 0 unspecified atom stereocenters. The molecule has 2 aromatic carbocycles. The largest absolute Gasteiger partial charge is 0.502 e. The molecule has 1 aliphatic heterocycles. The van der Waals surface area contributed by atoms with Crippen LogP contribution in [-0.2, 0) is 19.9 Å². The van der Waals surface area contributed by atoms with Crippen LogP contribution in [0, 0.1) is 0 Å². The van der Waals surface area contributed by atoms with Crippen molar-refractivity contribution < 1.29 is 48.7 Å². The van der Waals surface area contributed by atoms with E-state index in [1.165, 1.54) is 30.5 Å². The number of likely N-dealkylation sites (tertiary alicyclic amines) is 1. The molecular weight excluding hydrogens is 644 g/mol. The molecule has 1 saturated heterocycles. The van der Waals surface area contributed by atoms with Gasteiger partial charge in [0.15, 0.2) is 0 Å². The van der Waals surface area contributed by atoms with Crippen LogP contribution in [0.5, 0.6) is 17.2 Å². The number of pyridine rings is 1. The van der Waals surface area contributed by atoms with Crippen LogP contribution in [0.15, 0.2) is 76.8 Å². The van der Waals surface area contributed by atoms with E-state index in [1.54, 1.807) is 30.1 Å². The van der Waals surface area contributed by atoms with Crippen LogP contribution in [0.1, 0.15) is 23.2 Å². The highest BCUT2D eigenvalue weighted by molar-refractivity contribution is 7.92. The number of rotatable bonds is 9. The van der Waals surface area contributed by atoms with Crippen LogP contribution in [0.25, 0.3) is 11.0 Å². The molecule has 240 valence electrons.